The highest BCUT2D eigenvalue weighted by Gasteiger charge is 2.28. The summed E-state index contributed by atoms with van der Waals surface area (Å²) in [5, 5.41) is 2.49. The van der Waals surface area contributed by atoms with E-state index in [4.69, 9.17) is 9.47 Å². The highest BCUT2D eigenvalue weighted by Crippen LogP contribution is 2.18. The van der Waals surface area contributed by atoms with Crippen molar-refractivity contribution >= 4 is 17.7 Å². The number of nitrogens with zero attached hydrogens (tertiary/aromatic N) is 2. The minimum Gasteiger partial charge on any atom is -0.481 e. The number of benzene rings is 1. The highest BCUT2D eigenvalue weighted by atomic mass is 19.1. The lowest BCUT2D eigenvalue weighted by molar-refractivity contribution is -0.120. The Labute approximate surface area is 174 Å². The van der Waals surface area contributed by atoms with Crippen LogP contribution in [0.5, 0.6) is 5.88 Å². The molecule has 0 spiro atoms. The Morgan fingerprint density at radius 1 is 1.17 bits per heavy atom. The molecule has 0 aliphatic carbocycles. The molecule has 1 N–H and O–H groups in total. The number of halogens is 2. The lowest BCUT2D eigenvalue weighted by atomic mass is 10.0. The van der Waals surface area contributed by atoms with Crippen LogP contribution in [0.4, 0.5) is 19.3 Å². The van der Waals surface area contributed by atoms with E-state index in [1.807, 2.05) is 0 Å². The maximum absolute atomic E-state index is 13.6. The predicted molar refractivity (Wildman–Crippen MR) is 107 cm³/mol. The average Bonchev–Trinajstić information content (AvgIpc) is 2.64. The fourth-order valence-electron chi connectivity index (χ4n) is 2.67. The van der Waals surface area contributed by atoms with E-state index >= 15 is 0 Å². The van der Waals surface area contributed by atoms with Gasteiger partial charge in [-0.15, -0.1) is 0 Å². The Bertz CT molecular complexity index is 878. The number of alkyl carbamates (subject to hydrolysis) is 1. The van der Waals surface area contributed by atoms with Gasteiger partial charge in [0.15, 0.2) is 0 Å². The molecule has 2 rings (SSSR count). The number of carbonyl (C=O) groups excluding carboxylic acids is 2. The Kier molecular flexibility index (Phi) is 7.31. The van der Waals surface area contributed by atoms with Crippen LogP contribution in [-0.4, -0.2) is 42.8 Å². The normalized spacial score (nSPS) is 12.1. The first-order valence-corrected chi connectivity index (χ1v) is 9.20. The second-order valence-electron chi connectivity index (χ2n) is 7.64. The zero-order valence-corrected chi connectivity index (χ0v) is 17.5. The molecule has 0 radical (unpaired) electrons. The summed E-state index contributed by atoms with van der Waals surface area (Å²) in [7, 11) is 2.97. The van der Waals surface area contributed by atoms with Gasteiger partial charge in [0.25, 0.3) is 0 Å². The molecule has 1 aromatic heterocycles. The van der Waals surface area contributed by atoms with Gasteiger partial charge in [-0.1, -0.05) is 0 Å². The average molecular weight is 421 g/mol. The first-order chi connectivity index (χ1) is 14.0. The maximum atomic E-state index is 13.6. The topological polar surface area (TPSA) is 80.8 Å². The third kappa shape index (κ3) is 6.68. The lowest BCUT2D eigenvalue weighted by Gasteiger charge is -2.26. The number of ether oxygens (including phenoxy) is 2. The fraction of sp³-hybridized carbons (Fsp3) is 0.381. The number of methoxy groups -OCH3 is 1. The van der Waals surface area contributed by atoms with E-state index in [9.17, 15) is 18.4 Å². The summed E-state index contributed by atoms with van der Waals surface area (Å²) in [5.74, 6) is -1.70. The molecule has 0 saturated carbocycles. The number of hydrogen-bond acceptors (Lipinski definition) is 5. The van der Waals surface area contributed by atoms with Crippen LogP contribution in [0.15, 0.2) is 36.5 Å². The van der Waals surface area contributed by atoms with Crippen molar-refractivity contribution in [3.8, 4) is 5.88 Å². The van der Waals surface area contributed by atoms with Gasteiger partial charge in [-0.3, -0.25) is 4.79 Å². The molecule has 162 valence electrons. The van der Waals surface area contributed by atoms with Gasteiger partial charge in [-0.05, 0) is 44.5 Å². The van der Waals surface area contributed by atoms with E-state index in [1.165, 1.54) is 25.3 Å². The number of nitrogens with one attached hydrogen (secondary N) is 1. The quantitative estimate of drug-likeness (QED) is 0.773. The molecular weight excluding hydrogens is 396 g/mol. The van der Waals surface area contributed by atoms with Crippen molar-refractivity contribution < 1.29 is 27.8 Å². The molecule has 0 aliphatic rings. The van der Waals surface area contributed by atoms with Gasteiger partial charge in [0.1, 0.15) is 23.3 Å². The molecule has 9 heteroatoms. The summed E-state index contributed by atoms with van der Waals surface area (Å²) in [6, 6.07) is 5.02. The van der Waals surface area contributed by atoms with Crippen molar-refractivity contribution in [2.24, 2.45) is 0 Å². The first kappa shape index (κ1) is 23.1. The molecule has 0 bridgehead atoms. The van der Waals surface area contributed by atoms with Crippen LogP contribution >= 0.6 is 0 Å². The summed E-state index contributed by atoms with van der Waals surface area (Å²) in [4.78, 5) is 30.7. The molecule has 30 heavy (non-hydrogen) atoms. The van der Waals surface area contributed by atoms with Crippen molar-refractivity contribution in [3.63, 3.8) is 0 Å². The van der Waals surface area contributed by atoms with E-state index in [0.717, 1.165) is 18.2 Å². The lowest BCUT2D eigenvalue weighted by Crippen LogP contribution is -2.50. The van der Waals surface area contributed by atoms with Gasteiger partial charge < -0.3 is 19.7 Å². The van der Waals surface area contributed by atoms with Crippen LogP contribution in [0, 0.1) is 11.6 Å². The van der Waals surface area contributed by atoms with E-state index in [0.29, 0.717) is 11.6 Å². The molecule has 0 saturated heterocycles. The maximum Gasteiger partial charge on any atom is 0.408 e. The van der Waals surface area contributed by atoms with Crippen LogP contribution in [0.3, 0.4) is 0 Å². The largest absolute Gasteiger partial charge is 0.481 e. The third-order valence-corrected chi connectivity index (χ3v) is 4.00. The molecule has 2 amide bonds. The first-order valence-electron chi connectivity index (χ1n) is 9.20. The van der Waals surface area contributed by atoms with Crippen LogP contribution in [-0.2, 0) is 16.0 Å². The Hall–Kier alpha value is -3.23. The minimum absolute atomic E-state index is 0.138. The van der Waals surface area contributed by atoms with E-state index < -0.39 is 35.3 Å². The van der Waals surface area contributed by atoms with Crippen LogP contribution in [0.25, 0.3) is 0 Å². The third-order valence-electron chi connectivity index (χ3n) is 4.00. The van der Waals surface area contributed by atoms with E-state index in [2.05, 4.69) is 10.3 Å². The number of amides is 2. The second kappa shape index (κ2) is 9.51. The van der Waals surface area contributed by atoms with Crippen molar-refractivity contribution in [1.29, 1.82) is 0 Å². The van der Waals surface area contributed by atoms with Crippen molar-refractivity contribution in [3.05, 3.63) is 53.7 Å². The van der Waals surface area contributed by atoms with Gasteiger partial charge in [0.05, 0.1) is 19.0 Å². The van der Waals surface area contributed by atoms with Gasteiger partial charge in [0.2, 0.25) is 11.8 Å². The number of aromatic nitrogens is 1. The number of rotatable bonds is 6. The summed E-state index contributed by atoms with van der Waals surface area (Å²) in [5.41, 5.74) is -0.126. The zero-order chi connectivity index (χ0) is 22.5. The standard InChI is InChI=1S/C21H25F2N3O4/c1-21(2,3)30-20(28)25-17(10-13-8-14(22)11-15(23)9-13)19(27)26(4)16-6-7-18(29-5)24-12-16/h6-9,11-12,17H,10H2,1-5H3,(H,25,28). The molecular formula is C21H25F2N3O4. The van der Waals surface area contributed by atoms with Crippen molar-refractivity contribution in [2.75, 3.05) is 19.1 Å². The van der Waals surface area contributed by atoms with Crippen molar-refractivity contribution in [1.82, 2.24) is 10.3 Å². The molecule has 2 aromatic rings. The predicted octanol–water partition coefficient (Wildman–Crippen LogP) is 3.47. The summed E-state index contributed by atoms with van der Waals surface area (Å²) in [6.45, 7) is 5.04. The zero-order valence-electron chi connectivity index (χ0n) is 17.5. The van der Waals surface area contributed by atoms with Gasteiger partial charge in [-0.25, -0.2) is 18.6 Å². The van der Waals surface area contributed by atoms with Crippen LogP contribution in [0.2, 0.25) is 0 Å². The Morgan fingerprint density at radius 2 is 1.80 bits per heavy atom. The van der Waals surface area contributed by atoms with E-state index in [1.54, 1.807) is 32.9 Å². The van der Waals surface area contributed by atoms with Gasteiger partial charge in [-0.2, -0.15) is 0 Å². The molecule has 0 aliphatic heterocycles. The Balaban J connectivity index is 2.27. The Morgan fingerprint density at radius 3 is 2.30 bits per heavy atom. The molecule has 1 atom stereocenters. The number of likely N-dealkylation sites (N-methyl/N-ethyl adjacent to an activating group) is 1. The second-order valence-corrected chi connectivity index (χ2v) is 7.64. The van der Waals surface area contributed by atoms with Crippen molar-refractivity contribution in [2.45, 2.75) is 38.8 Å². The molecule has 0 fully saturated rings. The molecule has 1 unspecified atom stereocenters. The van der Waals surface area contributed by atoms with Gasteiger partial charge in [0, 0.05) is 25.6 Å². The summed E-state index contributed by atoms with van der Waals surface area (Å²) >= 11 is 0. The molecule has 1 aromatic carbocycles. The monoisotopic (exact) mass is 421 g/mol. The summed E-state index contributed by atoms with van der Waals surface area (Å²) < 4.78 is 37.4. The molecule has 1 heterocycles. The van der Waals surface area contributed by atoms with E-state index in [-0.39, 0.29) is 12.0 Å². The van der Waals surface area contributed by atoms with Gasteiger partial charge >= 0.3 is 6.09 Å². The van der Waals surface area contributed by atoms with Crippen LogP contribution < -0.4 is 15.0 Å². The highest BCUT2D eigenvalue weighted by molar-refractivity contribution is 5.98. The number of pyridine rings is 1. The van der Waals surface area contributed by atoms with Crippen LogP contribution in [0.1, 0.15) is 26.3 Å². The smallest absolute Gasteiger partial charge is 0.408 e. The summed E-state index contributed by atoms with van der Waals surface area (Å²) in [6.07, 6.45) is 0.475. The number of carbonyl (C=O) groups is 2. The number of anilines is 1. The fourth-order valence-corrected chi connectivity index (χ4v) is 2.67. The minimum atomic E-state index is -1.13. The SMILES string of the molecule is COc1ccc(N(C)C(=O)C(Cc2cc(F)cc(F)c2)NC(=O)OC(C)(C)C)cn1. The number of hydrogen-bond donors (Lipinski definition) is 1. The molecule has 7 nitrogen and oxygen atoms in total.